The molecule has 1 fully saturated rings. The van der Waals surface area contributed by atoms with E-state index in [-0.39, 0.29) is 5.54 Å². The Morgan fingerprint density at radius 1 is 1.36 bits per heavy atom. The number of hydrogen-bond donors (Lipinski definition) is 2. The largest absolute Gasteiger partial charge is 0.396 e. The van der Waals surface area contributed by atoms with Gasteiger partial charge in [0.05, 0.1) is 0 Å². The molecule has 0 bridgehead atoms. The van der Waals surface area contributed by atoms with Crippen LogP contribution in [0.2, 0.25) is 0 Å². The second-order valence-corrected chi connectivity index (χ2v) is 4.63. The summed E-state index contributed by atoms with van der Waals surface area (Å²) in [7, 11) is 2.01. The van der Waals surface area contributed by atoms with Crippen LogP contribution in [0.3, 0.4) is 0 Å². The first-order valence-electron chi connectivity index (χ1n) is 5.67. The molecule has 2 N–H and O–H groups in total. The first-order chi connectivity index (χ1) is 6.63. The van der Waals surface area contributed by atoms with Gasteiger partial charge in [0.15, 0.2) is 0 Å². The molecule has 0 spiro atoms. The third-order valence-corrected chi connectivity index (χ3v) is 3.61. The number of piperidine rings is 1. The van der Waals surface area contributed by atoms with E-state index in [1.165, 1.54) is 0 Å². The minimum absolute atomic E-state index is 0.195. The highest BCUT2D eigenvalue weighted by Crippen LogP contribution is 2.25. The Hall–Kier alpha value is -0.120. The molecule has 1 saturated heterocycles. The van der Waals surface area contributed by atoms with Crippen LogP contribution in [0.1, 0.15) is 33.1 Å². The van der Waals surface area contributed by atoms with E-state index >= 15 is 0 Å². The second-order valence-electron chi connectivity index (χ2n) is 4.63. The SMILES string of the molecule is CNC1(CCO)CCN(C(C)C)CC1. The van der Waals surface area contributed by atoms with Crippen molar-refractivity contribution < 1.29 is 5.11 Å². The predicted molar refractivity (Wildman–Crippen MR) is 59.4 cm³/mol. The molecular formula is C11H24N2O. The van der Waals surface area contributed by atoms with Crippen molar-refractivity contribution in [3.63, 3.8) is 0 Å². The minimum atomic E-state index is 0.195. The lowest BCUT2D eigenvalue weighted by Gasteiger charge is -2.43. The monoisotopic (exact) mass is 200 g/mol. The van der Waals surface area contributed by atoms with Crippen molar-refractivity contribution in [1.29, 1.82) is 0 Å². The molecule has 1 heterocycles. The van der Waals surface area contributed by atoms with E-state index < -0.39 is 0 Å². The van der Waals surface area contributed by atoms with E-state index in [1.54, 1.807) is 0 Å². The van der Waals surface area contributed by atoms with Gasteiger partial charge in [0.1, 0.15) is 0 Å². The van der Waals surface area contributed by atoms with Crippen molar-refractivity contribution in [3.05, 3.63) is 0 Å². The van der Waals surface area contributed by atoms with Crippen molar-refractivity contribution >= 4 is 0 Å². The summed E-state index contributed by atoms with van der Waals surface area (Å²) in [6.45, 7) is 7.09. The predicted octanol–water partition coefficient (Wildman–Crippen LogP) is 0.831. The number of rotatable bonds is 4. The molecule has 0 aromatic rings. The van der Waals surface area contributed by atoms with Crippen LogP contribution in [0.4, 0.5) is 0 Å². The first-order valence-corrected chi connectivity index (χ1v) is 5.67. The quantitative estimate of drug-likeness (QED) is 0.705. The van der Waals surface area contributed by atoms with Gasteiger partial charge in [-0.3, -0.25) is 0 Å². The highest BCUT2D eigenvalue weighted by molar-refractivity contribution is 4.92. The lowest BCUT2D eigenvalue weighted by Crippen LogP contribution is -2.53. The van der Waals surface area contributed by atoms with Crippen LogP contribution < -0.4 is 5.32 Å². The van der Waals surface area contributed by atoms with Crippen LogP contribution in [-0.2, 0) is 0 Å². The third-order valence-electron chi connectivity index (χ3n) is 3.61. The standard InChI is InChI=1S/C11H24N2O/c1-10(2)13-7-4-11(12-3,5-8-13)6-9-14/h10,12,14H,4-9H2,1-3H3. The molecular weight excluding hydrogens is 176 g/mol. The van der Waals surface area contributed by atoms with E-state index in [4.69, 9.17) is 5.11 Å². The van der Waals surface area contributed by atoms with Crippen molar-refractivity contribution in [2.45, 2.75) is 44.7 Å². The number of likely N-dealkylation sites (tertiary alicyclic amines) is 1. The van der Waals surface area contributed by atoms with Crippen LogP contribution in [0.5, 0.6) is 0 Å². The Kier molecular flexibility index (Phi) is 4.35. The van der Waals surface area contributed by atoms with Crippen LogP contribution in [-0.4, -0.2) is 48.3 Å². The fourth-order valence-corrected chi connectivity index (χ4v) is 2.31. The van der Waals surface area contributed by atoms with E-state index in [0.717, 1.165) is 32.4 Å². The van der Waals surface area contributed by atoms with Gasteiger partial charge in [0, 0.05) is 31.3 Å². The van der Waals surface area contributed by atoms with Gasteiger partial charge in [-0.15, -0.1) is 0 Å². The summed E-state index contributed by atoms with van der Waals surface area (Å²) in [5.41, 5.74) is 0.195. The molecule has 1 aliphatic heterocycles. The van der Waals surface area contributed by atoms with Crippen LogP contribution >= 0.6 is 0 Å². The molecule has 1 rings (SSSR count). The maximum Gasteiger partial charge on any atom is 0.0448 e. The van der Waals surface area contributed by atoms with Gasteiger partial charge in [-0.1, -0.05) is 0 Å². The smallest absolute Gasteiger partial charge is 0.0448 e. The lowest BCUT2D eigenvalue weighted by atomic mass is 9.84. The molecule has 3 nitrogen and oxygen atoms in total. The lowest BCUT2D eigenvalue weighted by molar-refractivity contribution is 0.0951. The average Bonchev–Trinajstić information content (AvgIpc) is 2.19. The normalized spacial score (nSPS) is 22.9. The maximum absolute atomic E-state index is 9.04. The third kappa shape index (κ3) is 2.69. The highest BCUT2D eigenvalue weighted by Gasteiger charge is 2.32. The Morgan fingerprint density at radius 3 is 2.29 bits per heavy atom. The molecule has 0 aliphatic carbocycles. The van der Waals surface area contributed by atoms with Gasteiger partial charge in [0.2, 0.25) is 0 Å². The van der Waals surface area contributed by atoms with Crippen molar-refractivity contribution in [2.75, 3.05) is 26.7 Å². The summed E-state index contributed by atoms with van der Waals surface area (Å²) in [5, 5.41) is 12.4. The zero-order chi connectivity index (χ0) is 10.6. The molecule has 0 unspecified atom stereocenters. The van der Waals surface area contributed by atoms with Gasteiger partial charge in [-0.2, -0.15) is 0 Å². The molecule has 0 amide bonds. The van der Waals surface area contributed by atoms with Crippen molar-refractivity contribution in [1.82, 2.24) is 10.2 Å². The number of nitrogens with zero attached hydrogens (tertiary/aromatic N) is 1. The van der Waals surface area contributed by atoms with Gasteiger partial charge in [-0.05, 0) is 40.2 Å². The van der Waals surface area contributed by atoms with Crippen LogP contribution in [0.15, 0.2) is 0 Å². The van der Waals surface area contributed by atoms with Gasteiger partial charge >= 0.3 is 0 Å². The van der Waals surface area contributed by atoms with E-state index in [9.17, 15) is 0 Å². The van der Waals surface area contributed by atoms with Crippen LogP contribution in [0, 0.1) is 0 Å². The van der Waals surface area contributed by atoms with E-state index in [0.29, 0.717) is 12.6 Å². The topological polar surface area (TPSA) is 35.5 Å². The molecule has 14 heavy (non-hydrogen) atoms. The summed E-state index contributed by atoms with van der Waals surface area (Å²) in [4.78, 5) is 2.51. The Morgan fingerprint density at radius 2 is 1.93 bits per heavy atom. The molecule has 0 aromatic heterocycles. The fraction of sp³-hybridized carbons (Fsp3) is 1.00. The minimum Gasteiger partial charge on any atom is -0.396 e. The molecule has 0 atom stereocenters. The zero-order valence-corrected chi connectivity index (χ0v) is 9.71. The van der Waals surface area contributed by atoms with E-state index in [1.807, 2.05) is 7.05 Å². The first kappa shape index (κ1) is 12.0. The number of nitrogens with one attached hydrogen (secondary N) is 1. The zero-order valence-electron chi connectivity index (χ0n) is 9.71. The van der Waals surface area contributed by atoms with Crippen LogP contribution in [0.25, 0.3) is 0 Å². The Labute approximate surface area is 87.5 Å². The van der Waals surface area contributed by atoms with Crippen molar-refractivity contribution in [3.8, 4) is 0 Å². The van der Waals surface area contributed by atoms with Crippen molar-refractivity contribution in [2.24, 2.45) is 0 Å². The molecule has 84 valence electrons. The second kappa shape index (κ2) is 5.10. The average molecular weight is 200 g/mol. The maximum atomic E-state index is 9.04. The van der Waals surface area contributed by atoms with Gasteiger partial charge in [0.25, 0.3) is 0 Å². The molecule has 1 aliphatic rings. The summed E-state index contributed by atoms with van der Waals surface area (Å²) in [5.74, 6) is 0. The molecule has 0 radical (unpaired) electrons. The van der Waals surface area contributed by atoms with Gasteiger partial charge < -0.3 is 15.3 Å². The number of aliphatic hydroxyl groups excluding tert-OH is 1. The Bertz CT molecular complexity index is 163. The highest BCUT2D eigenvalue weighted by atomic mass is 16.3. The summed E-state index contributed by atoms with van der Waals surface area (Å²) in [6.07, 6.45) is 3.19. The molecule has 0 saturated carbocycles. The summed E-state index contributed by atoms with van der Waals surface area (Å²) < 4.78 is 0. The summed E-state index contributed by atoms with van der Waals surface area (Å²) in [6, 6.07) is 0.652. The fourth-order valence-electron chi connectivity index (χ4n) is 2.31. The summed E-state index contributed by atoms with van der Waals surface area (Å²) >= 11 is 0. The Balaban J connectivity index is 2.46. The molecule has 0 aromatic carbocycles. The van der Waals surface area contributed by atoms with E-state index in [2.05, 4.69) is 24.1 Å². The number of aliphatic hydroxyl groups is 1. The number of hydrogen-bond acceptors (Lipinski definition) is 3. The van der Waals surface area contributed by atoms with Gasteiger partial charge in [-0.25, -0.2) is 0 Å². The molecule has 3 heteroatoms.